The highest BCUT2D eigenvalue weighted by atomic mass is 16.6. The summed E-state index contributed by atoms with van der Waals surface area (Å²) in [5.74, 6) is -0.204. The summed E-state index contributed by atoms with van der Waals surface area (Å²) in [5.41, 5.74) is 1.20. The molecule has 0 heterocycles. The van der Waals surface area contributed by atoms with Gasteiger partial charge < -0.3 is 14.4 Å². The Labute approximate surface area is 184 Å². The molecular weight excluding hydrogens is 392 g/mol. The lowest BCUT2D eigenvalue weighted by Gasteiger charge is -2.34. The quantitative estimate of drug-likeness (QED) is 0.569. The molecule has 0 aliphatic rings. The molecule has 0 saturated carbocycles. The summed E-state index contributed by atoms with van der Waals surface area (Å²) in [5, 5.41) is 0. The molecule has 0 N–H and O–H groups in total. The second-order valence-electron chi connectivity index (χ2n) is 8.51. The van der Waals surface area contributed by atoms with Crippen LogP contribution >= 0.6 is 0 Å². The van der Waals surface area contributed by atoms with Crippen LogP contribution in [0.4, 0.5) is 4.79 Å². The zero-order valence-corrected chi connectivity index (χ0v) is 18.8. The summed E-state index contributed by atoms with van der Waals surface area (Å²) < 4.78 is 5.56. The zero-order chi connectivity index (χ0) is 22.9. The van der Waals surface area contributed by atoms with Gasteiger partial charge in [-0.15, -0.1) is 0 Å². The third-order valence-corrected chi connectivity index (χ3v) is 4.69. The van der Waals surface area contributed by atoms with Crippen LogP contribution in [-0.4, -0.2) is 53.3 Å². The number of aldehydes is 1. The van der Waals surface area contributed by atoms with Crippen molar-refractivity contribution >= 4 is 18.3 Å². The van der Waals surface area contributed by atoms with Gasteiger partial charge >= 0.3 is 6.09 Å². The minimum atomic E-state index is -0.786. The first-order valence-corrected chi connectivity index (χ1v) is 10.5. The number of carbonyl (C=O) groups excluding carboxylic acids is 3. The lowest BCUT2D eigenvalue weighted by molar-refractivity contribution is -0.136. The topological polar surface area (TPSA) is 66.9 Å². The normalized spacial score (nSPS) is 12.0. The molecule has 0 fully saturated rings. The third-order valence-electron chi connectivity index (χ3n) is 4.69. The van der Waals surface area contributed by atoms with Gasteiger partial charge in [-0.25, -0.2) is 4.79 Å². The molecule has 0 radical (unpaired) electrons. The van der Waals surface area contributed by atoms with Crippen LogP contribution in [0.2, 0.25) is 0 Å². The molecule has 0 unspecified atom stereocenters. The Hall–Kier alpha value is -3.15. The number of hydrogen-bond acceptors (Lipinski definition) is 4. The molecule has 2 rings (SSSR count). The summed E-state index contributed by atoms with van der Waals surface area (Å²) in [6.07, 6.45) is 0.600. The fraction of sp³-hybridized carbons (Fsp3) is 0.400. The summed E-state index contributed by atoms with van der Waals surface area (Å²) in [7, 11) is 1.72. The van der Waals surface area contributed by atoms with Gasteiger partial charge in [0.2, 0.25) is 5.91 Å². The number of nitrogens with zero attached hydrogens (tertiary/aromatic N) is 2. The van der Waals surface area contributed by atoms with Crippen LogP contribution in [0, 0.1) is 0 Å². The number of rotatable bonds is 9. The fourth-order valence-electron chi connectivity index (χ4n) is 3.24. The van der Waals surface area contributed by atoms with Crippen molar-refractivity contribution < 1.29 is 19.1 Å². The van der Waals surface area contributed by atoms with E-state index in [0.29, 0.717) is 13.0 Å². The van der Waals surface area contributed by atoms with Gasteiger partial charge in [0.05, 0.1) is 0 Å². The maximum absolute atomic E-state index is 13.5. The molecule has 6 heteroatoms. The molecule has 31 heavy (non-hydrogen) atoms. The SMILES string of the molecule is CN(Cc1ccccc1)C(=O)[C@H](Cc1ccccc1)N(CCC=O)C(=O)OC(C)(C)C. The van der Waals surface area contributed by atoms with Crippen molar-refractivity contribution in [2.75, 3.05) is 13.6 Å². The Morgan fingerprint density at radius 3 is 2.03 bits per heavy atom. The molecule has 0 saturated heterocycles. The highest BCUT2D eigenvalue weighted by molar-refractivity contribution is 5.86. The predicted octanol–water partition coefficient (Wildman–Crippen LogP) is 4.08. The van der Waals surface area contributed by atoms with Gasteiger partial charge in [-0.3, -0.25) is 9.69 Å². The van der Waals surface area contributed by atoms with Crippen LogP contribution in [0.15, 0.2) is 60.7 Å². The lowest BCUT2D eigenvalue weighted by Crippen LogP contribution is -2.52. The average Bonchev–Trinajstić information content (AvgIpc) is 2.73. The third kappa shape index (κ3) is 7.89. The van der Waals surface area contributed by atoms with Gasteiger partial charge in [-0.1, -0.05) is 60.7 Å². The van der Waals surface area contributed by atoms with E-state index in [2.05, 4.69) is 0 Å². The summed E-state index contributed by atoms with van der Waals surface area (Å²) in [6.45, 7) is 5.86. The first-order valence-electron chi connectivity index (χ1n) is 10.5. The Bertz CT molecular complexity index is 847. The van der Waals surface area contributed by atoms with Crippen molar-refractivity contribution in [1.29, 1.82) is 0 Å². The molecular formula is C25H32N2O4. The van der Waals surface area contributed by atoms with Gasteiger partial charge in [-0.05, 0) is 31.9 Å². The number of carbonyl (C=O) groups is 3. The zero-order valence-electron chi connectivity index (χ0n) is 18.8. The molecule has 6 nitrogen and oxygen atoms in total. The first-order chi connectivity index (χ1) is 14.7. The lowest BCUT2D eigenvalue weighted by atomic mass is 10.0. The molecule has 0 aromatic heterocycles. The van der Waals surface area contributed by atoms with Crippen molar-refractivity contribution in [3.8, 4) is 0 Å². The smallest absolute Gasteiger partial charge is 0.410 e. The van der Waals surface area contributed by atoms with E-state index in [-0.39, 0.29) is 18.9 Å². The predicted molar refractivity (Wildman–Crippen MR) is 120 cm³/mol. The molecule has 1 atom stereocenters. The fourth-order valence-corrected chi connectivity index (χ4v) is 3.24. The Kier molecular flexibility index (Phi) is 8.79. The highest BCUT2D eigenvalue weighted by Gasteiger charge is 2.34. The van der Waals surface area contributed by atoms with E-state index in [1.807, 2.05) is 60.7 Å². The summed E-state index contributed by atoms with van der Waals surface area (Å²) >= 11 is 0. The van der Waals surface area contributed by atoms with E-state index in [4.69, 9.17) is 4.74 Å². The number of likely N-dealkylation sites (N-methyl/N-ethyl adjacent to an activating group) is 1. The molecule has 2 amide bonds. The maximum Gasteiger partial charge on any atom is 0.410 e. The van der Waals surface area contributed by atoms with Gasteiger partial charge in [0.25, 0.3) is 0 Å². The van der Waals surface area contributed by atoms with Crippen LogP contribution in [-0.2, 0) is 27.3 Å². The van der Waals surface area contributed by atoms with Gasteiger partial charge in [0, 0.05) is 33.0 Å². The number of benzene rings is 2. The monoisotopic (exact) mass is 424 g/mol. The van der Waals surface area contributed by atoms with Gasteiger partial charge in [-0.2, -0.15) is 0 Å². The molecule has 0 aliphatic carbocycles. The van der Waals surface area contributed by atoms with Crippen LogP contribution < -0.4 is 0 Å². The van der Waals surface area contributed by atoms with Crippen LogP contribution in [0.1, 0.15) is 38.3 Å². The average molecular weight is 425 g/mol. The van der Waals surface area contributed by atoms with Crippen LogP contribution in [0.25, 0.3) is 0 Å². The van der Waals surface area contributed by atoms with E-state index >= 15 is 0 Å². The molecule has 0 spiro atoms. The summed E-state index contributed by atoms with van der Waals surface area (Å²) in [6, 6.07) is 18.4. The second kappa shape index (κ2) is 11.3. The highest BCUT2D eigenvalue weighted by Crippen LogP contribution is 2.18. The molecule has 166 valence electrons. The largest absolute Gasteiger partial charge is 0.444 e. The summed E-state index contributed by atoms with van der Waals surface area (Å²) in [4.78, 5) is 40.6. The number of ether oxygens (including phenoxy) is 1. The Morgan fingerprint density at radius 1 is 0.968 bits per heavy atom. The number of amides is 2. The minimum Gasteiger partial charge on any atom is -0.444 e. The van der Waals surface area contributed by atoms with E-state index in [9.17, 15) is 14.4 Å². The van der Waals surface area contributed by atoms with E-state index in [1.165, 1.54) is 4.90 Å². The van der Waals surface area contributed by atoms with Crippen LogP contribution in [0.5, 0.6) is 0 Å². The van der Waals surface area contributed by atoms with Gasteiger partial charge in [0.15, 0.2) is 0 Å². The van der Waals surface area contributed by atoms with Crippen molar-refractivity contribution in [1.82, 2.24) is 9.80 Å². The van der Waals surface area contributed by atoms with Crippen molar-refractivity contribution in [3.63, 3.8) is 0 Å². The Balaban J connectivity index is 2.33. The van der Waals surface area contributed by atoms with E-state index in [0.717, 1.165) is 17.4 Å². The van der Waals surface area contributed by atoms with E-state index in [1.54, 1.807) is 32.7 Å². The minimum absolute atomic E-state index is 0.112. The maximum atomic E-state index is 13.5. The molecule has 2 aromatic rings. The van der Waals surface area contributed by atoms with Crippen molar-refractivity contribution in [2.45, 2.75) is 51.8 Å². The molecule has 2 aromatic carbocycles. The van der Waals surface area contributed by atoms with Gasteiger partial charge in [0.1, 0.15) is 17.9 Å². The Morgan fingerprint density at radius 2 is 1.52 bits per heavy atom. The standard InChI is InChI=1S/C25H32N2O4/c1-25(2,3)31-24(30)27(16-11-17-28)22(18-20-12-7-5-8-13-20)23(29)26(4)19-21-14-9-6-10-15-21/h5-10,12-15,17,22H,11,16,18-19H2,1-4H3/t22-/m0/s1. The first kappa shape index (κ1) is 24.1. The molecule has 0 aliphatic heterocycles. The van der Waals surface area contributed by atoms with Crippen molar-refractivity contribution in [2.24, 2.45) is 0 Å². The molecule has 0 bridgehead atoms. The van der Waals surface area contributed by atoms with Crippen molar-refractivity contribution in [3.05, 3.63) is 71.8 Å². The second-order valence-corrected chi connectivity index (χ2v) is 8.51. The van der Waals surface area contributed by atoms with E-state index < -0.39 is 17.7 Å². The number of hydrogen-bond donors (Lipinski definition) is 0. The van der Waals surface area contributed by atoms with Crippen LogP contribution in [0.3, 0.4) is 0 Å².